The first-order valence-electron chi connectivity index (χ1n) is 7.49. The molecule has 3 rings (SSSR count). The van der Waals surface area contributed by atoms with Crippen molar-refractivity contribution in [2.75, 3.05) is 36.9 Å². The van der Waals surface area contributed by atoms with Gasteiger partial charge in [-0.1, -0.05) is 12.1 Å². The Morgan fingerprint density at radius 1 is 1.16 bits per heavy atom. The maximum Gasteiger partial charge on any atom is 0.0610 e. The molecule has 19 heavy (non-hydrogen) atoms. The van der Waals surface area contributed by atoms with Crippen LogP contribution in [-0.4, -0.2) is 43.7 Å². The second kappa shape index (κ2) is 5.04. The van der Waals surface area contributed by atoms with Crippen molar-refractivity contribution in [1.82, 2.24) is 4.90 Å². The average molecular weight is 259 g/mol. The zero-order valence-electron chi connectivity index (χ0n) is 12.3. The van der Waals surface area contributed by atoms with E-state index in [0.717, 1.165) is 19.6 Å². The Labute approximate surface area is 116 Å². The minimum atomic E-state index is 0.614. The lowest BCUT2D eigenvalue weighted by Crippen LogP contribution is -2.55. The van der Waals surface area contributed by atoms with Crippen molar-refractivity contribution in [2.24, 2.45) is 0 Å². The second-order valence-corrected chi connectivity index (χ2v) is 6.11. The Morgan fingerprint density at radius 2 is 1.89 bits per heavy atom. The molecule has 3 nitrogen and oxygen atoms in total. The number of hydrogen-bond donors (Lipinski definition) is 1. The Bertz CT molecular complexity index is 445. The van der Waals surface area contributed by atoms with Crippen molar-refractivity contribution in [3.63, 3.8) is 0 Å². The molecule has 2 aliphatic rings. The Morgan fingerprint density at radius 3 is 2.63 bits per heavy atom. The van der Waals surface area contributed by atoms with Crippen molar-refractivity contribution in [3.05, 3.63) is 23.8 Å². The van der Waals surface area contributed by atoms with Crippen LogP contribution in [0.4, 0.5) is 11.4 Å². The van der Waals surface area contributed by atoms with Gasteiger partial charge >= 0.3 is 0 Å². The van der Waals surface area contributed by atoms with Crippen molar-refractivity contribution in [3.8, 4) is 0 Å². The van der Waals surface area contributed by atoms with Gasteiger partial charge in [0, 0.05) is 31.7 Å². The molecule has 104 valence electrons. The van der Waals surface area contributed by atoms with Crippen LogP contribution < -0.4 is 10.2 Å². The molecule has 1 aromatic rings. The van der Waals surface area contributed by atoms with E-state index in [4.69, 9.17) is 0 Å². The molecule has 1 fully saturated rings. The SMILES string of the molecule is CC1CN(c2cccc3c2NCCC3)CC(C)N1C. The van der Waals surface area contributed by atoms with Crippen molar-refractivity contribution in [2.45, 2.75) is 38.8 Å². The summed E-state index contributed by atoms with van der Waals surface area (Å²) >= 11 is 0. The predicted molar refractivity (Wildman–Crippen MR) is 82.2 cm³/mol. The van der Waals surface area contributed by atoms with Gasteiger partial charge in [0.15, 0.2) is 0 Å². The van der Waals surface area contributed by atoms with E-state index < -0.39 is 0 Å². The van der Waals surface area contributed by atoms with E-state index in [1.807, 2.05) is 0 Å². The normalized spacial score (nSPS) is 27.8. The van der Waals surface area contributed by atoms with Gasteiger partial charge in [-0.3, -0.25) is 4.90 Å². The van der Waals surface area contributed by atoms with E-state index >= 15 is 0 Å². The zero-order valence-corrected chi connectivity index (χ0v) is 12.3. The number of benzene rings is 1. The molecule has 0 bridgehead atoms. The molecule has 1 saturated heterocycles. The third kappa shape index (κ3) is 2.32. The number of rotatable bonds is 1. The lowest BCUT2D eigenvalue weighted by Gasteiger charge is -2.44. The molecular weight excluding hydrogens is 234 g/mol. The summed E-state index contributed by atoms with van der Waals surface area (Å²) < 4.78 is 0. The molecule has 0 spiro atoms. The summed E-state index contributed by atoms with van der Waals surface area (Å²) in [6, 6.07) is 8.00. The summed E-state index contributed by atoms with van der Waals surface area (Å²) in [5.41, 5.74) is 4.28. The van der Waals surface area contributed by atoms with E-state index in [2.05, 4.69) is 54.2 Å². The molecule has 0 saturated carbocycles. The summed E-state index contributed by atoms with van der Waals surface area (Å²) in [7, 11) is 2.24. The molecule has 0 amide bonds. The largest absolute Gasteiger partial charge is 0.383 e. The van der Waals surface area contributed by atoms with Gasteiger partial charge in [-0.05, 0) is 45.4 Å². The number of hydrogen-bond acceptors (Lipinski definition) is 3. The fourth-order valence-corrected chi connectivity index (χ4v) is 3.36. The number of anilines is 2. The van der Waals surface area contributed by atoms with E-state index in [1.165, 1.54) is 29.8 Å². The summed E-state index contributed by atoms with van der Waals surface area (Å²) in [4.78, 5) is 5.05. The van der Waals surface area contributed by atoms with Crippen LogP contribution in [0.1, 0.15) is 25.8 Å². The lowest BCUT2D eigenvalue weighted by molar-refractivity contribution is 0.170. The molecular formula is C16H25N3. The Balaban J connectivity index is 1.90. The maximum absolute atomic E-state index is 3.61. The monoisotopic (exact) mass is 259 g/mol. The minimum Gasteiger partial charge on any atom is -0.383 e. The molecule has 1 N–H and O–H groups in total. The highest BCUT2D eigenvalue weighted by atomic mass is 15.3. The second-order valence-electron chi connectivity index (χ2n) is 6.11. The third-order valence-corrected chi connectivity index (χ3v) is 4.75. The van der Waals surface area contributed by atoms with Crippen molar-refractivity contribution in [1.29, 1.82) is 0 Å². The third-order valence-electron chi connectivity index (χ3n) is 4.75. The van der Waals surface area contributed by atoms with Gasteiger partial charge in [0.2, 0.25) is 0 Å². The number of para-hydroxylation sites is 1. The van der Waals surface area contributed by atoms with E-state index in [-0.39, 0.29) is 0 Å². The summed E-state index contributed by atoms with van der Waals surface area (Å²) in [5.74, 6) is 0. The first kappa shape index (κ1) is 12.8. The first-order chi connectivity index (χ1) is 9.16. The van der Waals surface area contributed by atoms with Crippen molar-refractivity contribution >= 4 is 11.4 Å². The highest BCUT2D eigenvalue weighted by Gasteiger charge is 2.28. The number of nitrogens with zero attached hydrogens (tertiary/aromatic N) is 2. The van der Waals surface area contributed by atoms with E-state index in [0.29, 0.717) is 12.1 Å². The predicted octanol–water partition coefficient (Wildman–Crippen LogP) is 2.57. The van der Waals surface area contributed by atoms with Gasteiger partial charge in [0.25, 0.3) is 0 Å². The van der Waals surface area contributed by atoms with Gasteiger partial charge in [0.05, 0.1) is 11.4 Å². The van der Waals surface area contributed by atoms with Crippen LogP contribution in [0.25, 0.3) is 0 Å². The number of fused-ring (bicyclic) bond motifs is 1. The number of nitrogens with one attached hydrogen (secondary N) is 1. The van der Waals surface area contributed by atoms with Crippen LogP contribution in [0, 0.1) is 0 Å². The highest BCUT2D eigenvalue weighted by Crippen LogP contribution is 2.34. The fraction of sp³-hybridized carbons (Fsp3) is 0.625. The first-order valence-corrected chi connectivity index (χ1v) is 7.49. The van der Waals surface area contributed by atoms with E-state index in [1.54, 1.807) is 0 Å². The van der Waals surface area contributed by atoms with Crippen LogP contribution in [0.5, 0.6) is 0 Å². The molecule has 2 atom stereocenters. The standard InChI is InChI=1S/C16H25N3/c1-12-10-19(11-13(2)18(12)3)15-8-4-6-14-7-5-9-17-16(14)15/h4,6,8,12-13,17H,5,7,9-11H2,1-3H3. The fourth-order valence-electron chi connectivity index (χ4n) is 3.36. The molecule has 0 aromatic heterocycles. The van der Waals surface area contributed by atoms with Crippen LogP contribution in [0.15, 0.2) is 18.2 Å². The van der Waals surface area contributed by atoms with E-state index in [9.17, 15) is 0 Å². The molecule has 0 radical (unpaired) electrons. The lowest BCUT2D eigenvalue weighted by atomic mass is 10.0. The molecule has 2 heterocycles. The number of piperazine rings is 1. The van der Waals surface area contributed by atoms with Crippen LogP contribution in [-0.2, 0) is 6.42 Å². The molecule has 2 aliphatic heterocycles. The summed E-state index contributed by atoms with van der Waals surface area (Å²) in [6.07, 6.45) is 2.47. The molecule has 0 aliphatic carbocycles. The maximum atomic E-state index is 3.61. The van der Waals surface area contributed by atoms with Gasteiger partial charge in [-0.25, -0.2) is 0 Å². The Hall–Kier alpha value is -1.22. The van der Waals surface area contributed by atoms with Crippen LogP contribution in [0.2, 0.25) is 0 Å². The minimum absolute atomic E-state index is 0.614. The van der Waals surface area contributed by atoms with Gasteiger partial charge in [-0.15, -0.1) is 0 Å². The number of aryl methyl sites for hydroxylation is 1. The molecule has 1 aromatic carbocycles. The summed E-state index contributed by atoms with van der Waals surface area (Å²) in [5, 5.41) is 3.61. The quantitative estimate of drug-likeness (QED) is 0.836. The molecule has 3 heteroatoms. The highest BCUT2D eigenvalue weighted by molar-refractivity contribution is 5.74. The smallest absolute Gasteiger partial charge is 0.0610 e. The Kier molecular flexibility index (Phi) is 3.40. The number of likely N-dealkylation sites (N-methyl/N-ethyl adjacent to an activating group) is 1. The van der Waals surface area contributed by atoms with Gasteiger partial charge in [0.1, 0.15) is 0 Å². The van der Waals surface area contributed by atoms with Crippen LogP contribution in [0.3, 0.4) is 0 Å². The van der Waals surface area contributed by atoms with Gasteiger partial charge < -0.3 is 10.2 Å². The van der Waals surface area contributed by atoms with Crippen molar-refractivity contribution < 1.29 is 0 Å². The van der Waals surface area contributed by atoms with Crippen LogP contribution >= 0.6 is 0 Å². The van der Waals surface area contributed by atoms with Gasteiger partial charge in [-0.2, -0.15) is 0 Å². The summed E-state index contributed by atoms with van der Waals surface area (Å²) in [6.45, 7) is 8.01. The molecule has 2 unspecified atom stereocenters. The topological polar surface area (TPSA) is 18.5 Å². The average Bonchev–Trinajstić information content (AvgIpc) is 2.43. The zero-order chi connectivity index (χ0) is 13.4.